The number of Topliss-reactive ketones (excluding diaryl/α,β-unsaturated/α-hetero) is 2. The standard InChI is InChI=1S/2C21H29ClO7/c2*1-6-11(2)17(24)20(4,26)8-7-13-9-14-15(10-28-13)19(29-12(3)23)21(5,27)18(25)16(14)22/h2*7-9,11,15,17,19,24,26-27H,6,10H2,1-5H3/b2*8-7+/t11-,15-,17+,19+,20+,21-;11-,15-,17+,19+,20-,21-/m00/s1. The molecule has 0 fully saturated rings. The van der Waals surface area contributed by atoms with Gasteiger partial charge in [0.25, 0.3) is 0 Å². The van der Waals surface area contributed by atoms with Gasteiger partial charge in [-0.1, -0.05) is 63.7 Å². The maximum absolute atomic E-state index is 12.5. The highest BCUT2D eigenvalue weighted by Crippen LogP contribution is 2.43. The highest BCUT2D eigenvalue weighted by Gasteiger charge is 2.55. The lowest BCUT2D eigenvalue weighted by Crippen LogP contribution is -2.57. The largest absolute Gasteiger partial charge is 0.493 e. The van der Waals surface area contributed by atoms with E-state index in [1.807, 2.05) is 27.7 Å². The van der Waals surface area contributed by atoms with Gasteiger partial charge < -0.3 is 49.6 Å². The lowest BCUT2D eigenvalue weighted by molar-refractivity contribution is -0.175. The van der Waals surface area contributed by atoms with E-state index in [9.17, 15) is 49.8 Å². The number of ketones is 2. The van der Waals surface area contributed by atoms with Crippen LogP contribution >= 0.6 is 23.2 Å². The number of esters is 2. The van der Waals surface area contributed by atoms with E-state index >= 15 is 0 Å². The third-order valence-electron chi connectivity index (χ3n) is 11.2. The molecule has 0 bridgehead atoms. The van der Waals surface area contributed by atoms with Crippen molar-refractivity contribution in [2.75, 3.05) is 13.2 Å². The molecule has 4 rings (SSSR count). The van der Waals surface area contributed by atoms with Crippen LogP contribution in [0.1, 0.15) is 82.1 Å². The van der Waals surface area contributed by atoms with Crippen molar-refractivity contribution in [2.24, 2.45) is 23.7 Å². The van der Waals surface area contributed by atoms with E-state index in [2.05, 4.69) is 0 Å². The van der Waals surface area contributed by atoms with Crippen LogP contribution in [-0.4, -0.2) is 114 Å². The summed E-state index contributed by atoms with van der Waals surface area (Å²) in [5, 5.41) is 62.6. The summed E-state index contributed by atoms with van der Waals surface area (Å²) in [4.78, 5) is 48.0. The number of ether oxygens (including phenoxy) is 4. The fraction of sp³-hybridized carbons (Fsp3) is 0.619. The number of aliphatic hydroxyl groups is 6. The number of fused-ring (bicyclic) bond motifs is 2. The van der Waals surface area contributed by atoms with Gasteiger partial charge in [-0.2, -0.15) is 0 Å². The summed E-state index contributed by atoms with van der Waals surface area (Å²) >= 11 is 12.4. The molecular weight excluding hydrogens is 799 g/mol. The Labute approximate surface area is 349 Å². The molecule has 2 aliphatic heterocycles. The molecule has 6 N–H and O–H groups in total. The van der Waals surface area contributed by atoms with Crippen LogP contribution in [0.5, 0.6) is 0 Å². The SMILES string of the molecule is CC[C@H](C)[C@@H](O)[C@@](C)(O)/C=C/C1=CC2=C(Cl)C(=O)[C@](C)(O)[C@H](OC(C)=O)[C@H]2CO1.CC[C@H](C)[C@@H](O)[C@](C)(O)/C=C/C1=CC2=C(Cl)C(=O)[C@](C)(O)[C@H](OC(C)=O)[C@H]2CO1. The molecule has 0 radical (unpaired) electrons. The lowest BCUT2D eigenvalue weighted by atomic mass is 9.74. The van der Waals surface area contributed by atoms with Crippen LogP contribution in [0, 0.1) is 23.7 Å². The van der Waals surface area contributed by atoms with Crippen LogP contribution in [0.25, 0.3) is 0 Å². The molecule has 0 aromatic carbocycles. The molecule has 0 unspecified atom stereocenters. The molecule has 0 aromatic heterocycles. The minimum Gasteiger partial charge on any atom is -0.493 e. The van der Waals surface area contributed by atoms with E-state index in [1.165, 1.54) is 78.0 Å². The second kappa shape index (κ2) is 18.9. The Bertz CT molecular complexity index is 1650. The normalized spacial score (nSPS) is 31.5. The van der Waals surface area contributed by atoms with Gasteiger partial charge in [0, 0.05) is 13.8 Å². The summed E-state index contributed by atoms with van der Waals surface area (Å²) in [5.41, 5.74) is -6.12. The summed E-state index contributed by atoms with van der Waals surface area (Å²) in [6, 6.07) is 0. The van der Waals surface area contributed by atoms with Crippen LogP contribution in [0.3, 0.4) is 0 Å². The monoisotopic (exact) mass is 856 g/mol. The average molecular weight is 858 g/mol. The maximum Gasteiger partial charge on any atom is 0.303 e. The van der Waals surface area contributed by atoms with Crippen molar-refractivity contribution in [3.8, 4) is 0 Å². The average Bonchev–Trinajstić information content (AvgIpc) is 3.16. The van der Waals surface area contributed by atoms with E-state index in [4.69, 9.17) is 42.1 Å². The predicted molar refractivity (Wildman–Crippen MR) is 214 cm³/mol. The predicted octanol–water partition coefficient (Wildman–Crippen LogP) is 3.98. The quantitative estimate of drug-likeness (QED) is 0.153. The van der Waals surface area contributed by atoms with Crippen molar-refractivity contribution in [3.63, 3.8) is 0 Å². The zero-order valence-electron chi connectivity index (χ0n) is 34.6. The highest BCUT2D eigenvalue weighted by molar-refractivity contribution is 6.45. The molecule has 2 heterocycles. The van der Waals surface area contributed by atoms with Crippen molar-refractivity contribution in [2.45, 2.75) is 129 Å². The Hall–Kier alpha value is -3.34. The second-order valence-electron chi connectivity index (χ2n) is 16.3. The summed E-state index contributed by atoms with van der Waals surface area (Å²) in [6.45, 7) is 15.4. The molecule has 0 aromatic rings. The van der Waals surface area contributed by atoms with Crippen LogP contribution in [0.2, 0.25) is 0 Å². The first-order chi connectivity index (χ1) is 26.6. The molecule has 0 spiro atoms. The minimum absolute atomic E-state index is 0.0131. The van der Waals surface area contributed by atoms with Crippen molar-refractivity contribution in [1.82, 2.24) is 0 Å². The molecule has 0 amide bonds. The van der Waals surface area contributed by atoms with E-state index in [0.29, 0.717) is 35.5 Å². The zero-order chi connectivity index (χ0) is 44.3. The maximum atomic E-state index is 12.5. The molecular formula is C42H58Cl2O14. The second-order valence-corrected chi connectivity index (χ2v) is 17.0. The third-order valence-corrected chi connectivity index (χ3v) is 12.0. The number of carbonyl (C=O) groups is 4. The Kier molecular flexibility index (Phi) is 16.0. The molecule has 16 heteroatoms. The number of hydrogen-bond donors (Lipinski definition) is 6. The zero-order valence-corrected chi connectivity index (χ0v) is 36.1. The van der Waals surface area contributed by atoms with E-state index in [1.54, 1.807) is 0 Å². The summed E-state index contributed by atoms with van der Waals surface area (Å²) in [7, 11) is 0. The molecule has 0 saturated heterocycles. The van der Waals surface area contributed by atoms with Crippen LogP contribution in [0.15, 0.2) is 69.2 Å². The minimum atomic E-state index is -1.97. The number of halogens is 2. The molecule has 12 atom stereocenters. The summed E-state index contributed by atoms with van der Waals surface area (Å²) in [6.07, 6.45) is 6.07. The van der Waals surface area contributed by atoms with Gasteiger partial charge in [-0.25, -0.2) is 0 Å². The van der Waals surface area contributed by atoms with E-state index < -0.39 is 82.2 Å². The fourth-order valence-corrected chi connectivity index (χ4v) is 7.87. The first-order valence-electron chi connectivity index (χ1n) is 19.2. The lowest BCUT2D eigenvalue weighted by Gasteiger charge is -2.42. The van der Waals surface area contributed by atoms with Gasteiger partial charge >= 0.3 is 11.9 Å². The van der Waals surface area contributed by atoms with Gasteiger partial charge in [0.1, 0.15) is 34.9 Å². The summed E-state index contributed by atoms with van der Waals surface area (Å²) < 4.78 is 21.8. The fourth-order valence-electron chi connectivity index (χ4n) is 7.10. The van der Waals surface area contributed by atoms with Gasteiger partial charge in [0.05, 0.1) is 47.3 Å². The van der Waals surface area contributed by atoms with Crippen LogP contribution in [-0.2, 0) is 38.1 Å². The Balaban J connectivity index is 0.000000310. The molecule has 0 saturated carbocycles. The first kappa shape index (κ1) is 49.0. The van der Waals surface area contributed by atoms with Crippen LogP contribution < -0.4 is 0 Å². The van der Waals surface area contributed by atoms with Crippen LogP contribution in [0.4, 0.5) is 0 Å². The summed E-state index contributed by atoms with van der Waals surface area (Å²) in [5.74, 6) is -3.57. The number of rotatable bonds is 12. The van der Waals surface area contributed by atoms with Gasteiger partial charge in [-0.3, -0.25) is 19.2 Å². The Morgan fingerprint density at radius 1 is 0.776 bits per heavy atom. The first-order valence-corrected chi connectivity index (χ1v) is 20.0. The molecule has 324 valence electrons. The Morgan fingerprint density at radius 2 is 1.09 bits per heavy atom. The number of aliphatic hydroxyl groups excluding tert-OH is 2. The highest BCUT2D eigenvalue weighted by atomic mass is 35.5. The van der Waals surface area contributed by atoms with Crippen molar-refractivity contribution in [3.05, 3.63) is 69.2 Å². The van der Waals surface area contributed by atoms with E-state index in [0.717, 1.165) is 0 Å². The van der Waals surface area contributed by atoms with E-state index in [-0.39, 0.29) is 35.1 Å². The number of hydrogen-bond acceptors (Lipinski definition) is 14. The van der Waals surface area contributed by atoms with Gasteiger partial charge in [0.2, 0.25) is 11.6 Å². The van der Waals surface area contributed by atoms with Gasteiger partial charge in [-0.05, 0) is 87.1 Å². The third kappa shape index (κ3) is 10.7. The van der Waals surface area contributed by atoms with Crippen molar-refractivity contribution in [1.29, 1.82) is 0 Å². The molecule has 2 aliphatic carbocycles. The van der Waals surface area contributed by atoms with Gasteiger partial charge in [-0.15, -0.1) is 0 Å². The van der Waals surface area contributed by atoms with Crippen molar-refractivity contribution < 1.29 is 68.8 Å². The van der Waals surface area contributed by atoms with Crippen molar-refractivity contribution >= 4 is 46.7 Å². The molecule has 14 nitrogen and oxygen atoms in total. The number of carbonyl (C=O) groups excluding carboxylic acids is 4. The van der Waals surface area contributed by atoms with Gasteiger partial charge in [0.15, 0.2) is 11.2 Å². The molecule has 4 aliphatic rings. The molecule has 58 heavy (non-hydrogen) atoms. The Morgan fingerprint density at radius 3 is 1.36 bits per heavy atom. The number of allylic oxidation sites excluding steroid dienone is 4. The topological polar surface area (TPSA) is 227 Å². The smallest absolute Gasteiger partial charge is 0.303 e.